The van der Waals surface area contributed by atoms with Crippen molar-refractivity contribution in [2.24, 2.45) is 0 Å². The zero-order valence-corrected chi connectivity index (χ0v) is 14.4. The summed E-state index contributed by atoms with van der Waals surface area (Å²) in [5.74, 6) is 0.468. The van der Waals surface area contributed by atoms with E-state index in [-0.39, 0.29) is 11.5 Å². The summed E-state index contributed by atoms with van der Waals surface area (Å²) < 4.78 is 1.73. The van der Waals surface area contributed by atoms with Crippen LogP contribution in [0.2, 0.25) is 0 Å². The Labute approximate surface area is 123 Å². The molecule has 102 valence electrons. The average molecular weight is 413 g/mol. The molecule has 19 heavy (non-hydrogen) atoms. The molecule has 0 saturated carbocycles. The van der Waals surface area contributed by atoms with Crippen LogP contribution in [0.1, 0.15) is 11.1 Å². The van der Waals surface area contributed by atoms with Gasteiger partial charge in [-0.1, -0.05) is 0 Å². The first-order valence-electron chi connectivity index (χ1n) is 5.64. The first-order valence-corrected chi connectivity index (χ1v) is 13.9. The molecule has 2 aromatic carbocycles. The van der Waals surface area contributed by atoms with Gasteiger partial charge in [0.1, 0.15) is 0 Å². The molecule has 0 radical (unpaired) electrons. The van der Waals surface area contributed by atoms with Gasteiger partial charge in [-0.3, -0.25) is 0 Å². The molecule has 2 N–H and O–H groups in total. The van der Waals surface area contributed by atoms with Gasteiger partial charge in [-0.05, 0) is 0 Å². The van der Waals surface area contributed by atoms with Crippen LogP contribution in [0.3, 0.4) is 0 Å². The maximum atomic E-state index is 9.56. The molecule has 0 aliphatic heterocycles. The number of rotatable bonds is 2. The summed E-state index contributed by atoms with van der Waals surface area (Å²) in [5, 5.41) is 19.1. The standard InChI is InChI=1S/C14H14Cl2O2Te/c1-9-7-11(3-5-13(9)17)19(15,16)12-4-6-14(18)10(2)8-12/h3-8,17-18H,1-2H3. The zero-order valence-electron chi connectivity index (χ0n) is 10.5. The molecule has 0 heterocycles. The fourth-order valence-electron chi connectivity index (χ4n) is 1.71. The Kier molecular flexibility index (Phi) is 4.23. The third-order valence-corrected chi connectivity index (χ3v) is 12.5. The second kappa shape index (κ2) is 5.42. The molecule has 0 aliphatic rings. The molecule has 0 amide bonds. The van der Waals surface area contributed by atoms with E-state index in [1.165, 1.54) is 0 Å². The molecular formula is C14H14Cl2O2Te. The maximum absolute atomic E-state index is 9.56. The van der Waals surface area contributed by atoms with Gasteiger partial charge in [0.25, 0.3) is 0 Å². The van der Waals surface area contributed by atoms with Crippen LogP contribution in [0.4, 0.5) is 0 Å². The molecule has 0 atom stereocenters. The van der Waals surface area contributed by atoms with Gasteiger partial charge in [0.05, 0.1) is 0 Å². The van der Waals surface area contributed by atoms with Crippen molar-refractivity contribution in [3.63, 3.8) is 0 Å². The zero-order chi connectivity index (χ0) is 14.2. The molecule has 0 aliphatic carbocycles. The molecule has 2 rings (SSSR count). The van der Waals surface area contributed by atoms with Crippen LogP contribution in [-0.4, -0.2) is 26.2 Å². The quantitative estimate of drug-likeness (QED) is 0.745. The van der Waals surface area contributed by atoms with Crippen LogP contribution >= 0.6 is 17.9 Å². The number of benzene rings is 2. The van der Waals surface area contributed by atoms with Crippen molar-refractivity contribution < 1.29 is 10.2 Å². The first-order chi connectivity index (χ1) is 8.82. The Bertz CT molecular complexity index is 573. The van der Waals surface area contributed by atoms with E-state index < -0.39 is 15.9 Å². The third kappa shape index (κ3) is 2.95. The van der Waals surface area contributed by atoms with Crippen LogP contribution in [0.15, 0.2) is 36.4 Å². The van der Waals surface area contributed by atoms with Crippen molar-refractivity contribution in [2.45, 2.75) is 13.8 Å². The van der Waals surface area contributed by atoms with Crippen molar-refractivity contribution in [3.05, 3.63) is 47.5 Å². The van der Waals surface area contributed by atoms with Crippen LogP contribution in [-0.2, 0) is 0 Å². The van der Waals surface area contributed by atoms with Crippen molar-refractivity contribution in [3.8, 4) is 11.5 Å². The fourth-order valence-corrected chi connectivity index (χ4v) is 8.28. The molecule has 0 aromatic heterocycles. The second-order valence-corrected chi connectivity index (χ2v) is 17.0. The Hall–Kier alpha value is -0.590. The van der Waals surface area contributed by atoms with E-state index in [1.54, 1.807) is 24.3 Å². The average Bonchev–Trinajstić information content (AvgIpc) is 2.35. The van der Waals surface area contributed by atoms with Crippen molar-refractivity contribution in [1.29, 1.82) is 0 Å². The summed E-state index contributed by atoms with van der Waals surface area (Å²) in [4.78, 5) is 0. The van der Waals surface area contributed by atoms with Crippen LogP contribution in [0.5, 0.6) is 11.5 Å². The predicted molar refractivity (Wildman–Crippen MR) is 82.4 cm³/mol. The van der Waals surface area contributed by atoms with Crippen LogP contribution < -0.4 is 7.22 Å². The van der Waals surface area contributed by atoms with Gasteiger partial charge in [-0.2, -0.15) is 0 Å². The Balaban J connectivity index is 2.51. The number of hydrogen-bond acceptors (Lipinski definition) is 2. The van der Waals surface area contributed by atoms with Gasteiger partial charge < -0.3 is 0 Å². The normalized spacial score (nSPS) is 12.4. The second-order valence-electron chi connectivity index (χ2n) is 4.37. The minimum atomic E-state index is -3.44. The SMILES string of the molecule is Cc1cc([Te](Cl)(Cl)c2ccc(O)c(C)c2)ccc1O. The molecule has 0 fully saturated rings. The molecule has 0 bridgehead atoms. The topological polar surface area (TPSA) is 40.5 Å². The number of aromatic hydroxyl groups is 2. The van der Waals surface area contributed by atoms with Crippen molar-refractivity contribution >= 4 is 41.1 Å². The summed E-state index contributed by atoms with van der Waals surface area (Å²) in [6, 6.07) is 10.4. The van der Waals surface area contributed by atoms with E-state index in [4.69, 9.17) is 17.9 Å². The summed E-state index contributed by atoms with van der Waals surface area (Å²) >= 11 is -3.44. The number of halogens is 2. The van der Waals surface area contributed by atoms with Gasteiger partial charge >= 0.3 is 124 Å². The van der Waals surface area contributed by atoms with Gasteiger partial charge in [-0.25, -0.2) is 0 Å². The van der Waals surface area contributed by atoms with Crippen LogP contribution in [0.25, 0.3) is 0 Å². The van der Waals surface area contributed by atoms with Gasteiger partial charge in [0, 0.05) is 0 Å². The molecule has 2 nitrogen and oxygen atoms in total. The molecule has 5 heteroatoms. The van der Waals surface area contributed by atoms with E-state index in [1.807, 2.05) is 26.0 Å². The monoisotopic (exact) mass is 414 g/mol. The summed E-state index contributed by atoms with van der Waals surface area (Å²) in [6.07, 6.45) is 0. The molecule has 0 saturated heterocycles. The van der Waals surface area contributed by atoms with E-state index in [0.717, 1.165) is 18.3 Å². The molecule has 0 spiro atoms. The first kappa shape index (κ1) is 14.8. The summed E-state index contributed by atoms with van der Waals surface area (Å²) in [5.41, 5.74) is 1.51. The summed E-state index contributed by atoms with van der Waals surface area (Å²) in [7, 11) is 13.3. The molecule has 0 unspecified atom stereocenters. The number of phenolic OH excluding ortho intramolecular Hbond substituents is 2. The van der Waals surface area contributed by atoms with Crippen molar-refractivity contribution in [1.82, 2.24) is 0 Å². The number of phenols is 2. The van der Waals surface area contributed by atoms with Crippen molar-refractivity contribution in [2.75, 3.05) is 0 Å². The van der Waals surface area contributed by atoms with Gasteiger partial charge in [0.2, 0.25) is 0 Å². The van der Waals surface area contributed by atoms with E-state index >= 15 is 0 Å². The Morgan fingerprint density at radius 2 is 1.16 bits per heavy atom. The van der Waals surface area contributed by atoms with E-state index in [0.29, 0.717) is 0 Å². The molecular weight excluding hydrogens is 399 g/mol. The Morgan fingerprint density at radius 3 is 1.47 bits per heavy atom. The summed E-state index contributed by atoms with van der Waals surface area (Å²) in [6.45, 7) is 3.63. The van der Waals surface area contributed by atoms with Crippen LogP contribution in [0, 0.1) is 13.8 Å². The molecule has 2 aromatic rings. The number of hydrogen-bond donors (Lipinski definition) is 2. The van der Waals surface area contributed by atoms with E-state index in [2.05, 4.69) is 0 Å². The van der Waals surface area contributed by atoms with Gasteiger partial charge in [0.15, 0.2) is 0 Å². The minimum absolute atomic E-state index is 0.234. The van der Waals surface area contributed by atoms with Gasteiger partial charge in [-0.15, -0.1) is 0 Å². The third-order valence-electron chi connectivity index (χ3n) is 2.93. The number of aryl methyl sites for hydroxylation is 2. The van der Waals surface area contributed by atoms with E-state index in [9.17, 15) is 10.2 Å². The predicted octanol–water partition coefficient (Wildman–Crippen LogP) is 2.75. The fraction of sp³-hybridized carbons (Fsp3) is 0.143. The Morgan fingerprint density at radius 1 is 0.789 bits per heavy atom.